The van der Waals surface area contributed by atoms with Gasteiger partial charge in [-0.05, 0) is 12.1 Å². The zero-order valence-electron chi connectivity index (χ0n) is 9.86. The lowest BCUT2D eigenvalue weighted by atomic mass is 10.2. The largest absolute Gasteiger partial charge is 0.477 e. The quantitative estimate of drug-likeness (QED) is 0.781. The van der Waals surface area contributed by atoms with Gasteiger partial charge in [-0.15, -0.1) is 10.2 Å². The van der Waals surface area contributed by atoms with E-state index in [1.165, 1.54) is 17.1 Å². The van der Waals surface area contributed by atoms with Crippen molar-refractivity contribution in [2.45, 2.75) is 13.5 Å². The van der Waals surface area contributed by atoms with Crippen LogP contribution in [-0.4, -0.2) is 35.9 Å². The minimum absolute atomic E-state index is 0.264. The normalized spacial score (nSPS) is 10.6. The fraction of sp³-hybridized carbons (Fsp3) is 0.300. The highest BCUT2D eigenvalue weighted by atomic mass is 16.4. The Morgan fingerprint density at radius 3 is 2.78 bits per heavy atom. The summed E-state index contributed by atoms with van der Waals surface area (Å²) < 4.78 is 1.60. The summed E-state index contributed by atoms with van der Waals surface area (Å²) in [4.78, 5) is 23.6. The van der Waals surface area contributed by atoms with Crippen LogP contribution < -0.4 is 5.43 Å². The number of pyridine rings is 1. The van der Waals surface area contributed by atoms with E-state index < -0.39 is 11.4 Å². The maximum atomic E-state index is 11.4. The molecule has 8 heteroatoms. The topological polar surface area (TPSA) is 103 Å². The number of carboxylic acid groups (broad SMARTS) is 1. The minimum Gasteiger partial charge on any atom is -0.477 e. The van der Waals surface area contributed by atoms with E-state index in [1.54, 1.807) is 18.5 Å². The van der Waals surface area contributed by atoms with Crippen molar-refractivity contribution >= 4 is 5.97 Å². The van der Waals surface area contributed by atoms with Crippen LogP contribution in [0.3, 0.4) is 0 Å². The van der Waals surface area contributed by atoms with E-state index in [1.807, 2.05) is 0 Å². The Hall–Kier alpha value is -2.51. The zero-order chi connectivity index (χ0) is 13.3. The molecule has 0 unspecified atom stereocenters. The van der Waals surface area contributed by atoms with Gasteiger partial charge in [0.2, 0.25) is 0 Å². The molecule has 8 nitrogen and oxygen atoms in total. The summed E-state index contributed by atoms with van der Waals surface area (Å²) in [5.41, 5.74) is -0.148. The molecule has 0 aromatic carbocycles. The number of carboxylic acids is 1. The summed E-state index contributed by atoms with van der Waals surface area (Å²) in [5, 5.41) is 20.4. The van der Waals surface area contributed by atoms with Crippen LogP contribution in [0.25, 0.3) is 0 Å². The van der Waals surface area contributed by atoms with E-state index in [4.69, 9.17) is 5.11 Å². The third-order valence-electron chi connectivity index (χ3n) is 2.44. The summed E-state index contributed by atoms with van der Waals surface area (Å²) in [6.07, 6.45) is 1.29. The van der Waals surface area contributed by atoms with Crippen molar-refractivity contribution in [1.82, 2.24) is 24.8 Å². The van der Waals surface area contributed by atoms with Crippen molar-refractivity contribution in [1.29, 1.82) is 0 Å². The van der Waals surface area contributed by atoms with E-state index in [0.717, 1.165) is 0 Å². The van der Waals surface area contributed by atoms with Crippen LogP contribution in [0, 0.1) is 6.92 Å². The number of aromatic nitrogens is 5. The Labute approximate surface area is 101 Å². The molecule has 0 fully saturated rings. The predicted molar refractivity (Wildman–Crippen MR) is 60.3 cm³/mol. The lowest BCUT2D eigenvalue weighted by molar-refractivity contribution is 0.0694. The third kappa shape index (κ3) is 2.26. The Bertz CT molecular complexity index is 658. The number of hydrogen-bond donors (Lipinski definition) is 1. The Balaban J connectivity index is 2.41. The number of hydrogen-bond acceptors (Lipinski definition) is 5. The smallest absolute Gasteiger partial charge is 0.341 e. The number of aryl methyl sites for hydroxylation is 2. The molecule has 0 radical (unpaired) electrons. The van der Waals surface area contributed by atoms with Crippen LogP contribution >= 0.6 is 0 Å². The van der Waals surface area contributed by atoms with E-state index in [2.05, 4.69) is 15.4 Å². The van der Waals surface area contributed by atoms with Gasteiger partial charge in [-0.2, -0.15) is 4.80 Å². The van der Waals surface area contributed by atoms with Gasteiger partial charge in [0, 0.05) is 18.0 Å². The maximum Gasteiger partial charge on any atom is 0.341 e. The second-order valence-corrected chi connectivity index (χ2v) is 3.82. The van der Waals surface area contributed by atoms with Gasteiger partial charge in [0.25, 0.3) is 0 Å². The number of aromatic carboxylic acids is 1. The van der Waals surface area contributed by atoms with Gasteiger partial charge >= 0.3 is 5.97 Å². The van der Waals surface area contributed by atoms with Crippen LogP contribution in [0.5, 0.6) is 0 Å². The van der Waals surface area contributed by atoms with Gasteiger partial charge in [0.15, 0.2) is 11.3 Å². The van der Waals surface area contributed by atoms with Crippen LogP contribution in [-0.2, 0) is 13.6 Å². The molecule has 2 rings (SSSR count). The SMILES string of the molecule is Cc1cc(=O)c(C(=O)O)cn1Cc1nnn(C)n1. The van der Waals surface area contributed by atoms with Gasteiger partial charge in [-0.25, -0.2) is 4.79 Å². The molecule has 1 N–H and O–H groups in total. The molecule has 0 aliphatic carbocycles. The molecule has 0 aliphatic heterocycles. The molecule has 0 atom stereocenters. The molecule has 94 valence electrons. The summed E-state index contributed by atoms with van der Waals surface area (Å²) in [7, 11) is 1.64. The van der Waals surface area contributed by atoms with Gasteiger partial charge in [-0.3, -0.25) is 4.79 Å². The van der Waals surface area contributed by atoms with Crippen LogP contribution in [0.2, 0.25) is 0 Å². The maximum absolute atomic E-state index is 11.4. The van der Waals surface area contributed by atoms with Crippen molar-refractivity contribution in [3.8, 4) is 0 Å². The van der Waals surface area contributed by atoms with Crippen LogP contribution in [0.4, 0.5) is 0 Å². The van der Waals surface area contributed by atoms with Gasteiger partial charge < -0.3 is 9.67 Å². The first kappa shape index (κ1) is 12.0. The van der Waals surface area contributed by atoms with Gasteiger partial charge in [0.05, 0.1) is 13.6 Å². The molecule has 2 aromatic heterocycles. The molecule has 0 saturated heterocycles. The van der Waals surface area contributed by atoms with E-state index >= 15 is 0 Å². The van der Waals surface area contributed by atoms with Crippen LogP contribution in [0.15, 0.2) is 17.1 Å². The van der Waals surface area contributed by atoms with Gasteiger partial charge in [-0.1, -0.05) is 0 Å². The average Bonchev–Trinajstić information content (AvgIpc) is 2.67. The highest BCUT2D eigenvalue weighted by Crippen LogP contribution is 2.02. The molecule has 0 amide bonds. The van der Waals surface area contributed by atoms with Crippen molar-refractivity contribution in [3.63, 3.8) is 0 Å². The summed E-state index contributed by atoms with van der Waals surface area (Å²) in [6, 6.07) is 1.28. The molecule has 2 aromatic rings. The lowest BCUT2D eigenvalue weighted by Gasteiger charge is -2.08. The van der Waals surface area contributed by atoms with Crippen LogP contribution in [0.1, 0.15) is 21.9 Å². The van der Waals surface area contributed by atoms with Crippen molar-refractivity contribution in [3.05, 3.63) is 39.6 Å². The van der Waals surface area contributed by atoms with Crippen molar-refractivity contribution in [2.24, 2.45) is 7.05 Å². The van der Waals surface area contributed by atoms with Gasteiger partial charge in [0.1, 0.15) is 5.56 Å². The first-order valence-electron chi connectivity index (χ1n) is 5.14. The molecule has 18 heavy (non-hydrogen) atoms. The number of carbonyl (C=O) groups is 1. The highest BCUT2D eigenvalue weighted by molar-refractivity contribution is 5.87. The Kier molecular flexibility index (Phi) is 2.92. The highest BCUT2D eigenvalue weighted by Gasteiger charge is 2.12. The first-order chi connectivity index (χ1) is 8.47. The number of rotatable bonds is 3. The second-order valence-electron chi connectivity index (χ2n) is 3.82. The molecule has 0 saturated carbocycles. The summed E-state index contributed by atoms with van der Waals surface area (Å²) >= 11 is 0. The molecule has 0 aliphatic rings. The fourth-order valence-corrected chi connectivity index (χ4v) is 1.54. The van der Waals surface area contributed by atoms with Crippen molar-refractivity contribution in [2.75, 3.05) is 0 Å². The second kappa shape index (κ2) is 4.40. The fourth-order valence-electron chi connectivity index (χ4n) is 1.54. The number of nitrogens with zero attached hydrogens (tertiary/aromatic N) is 5. The van der Waals surface area contributed by atoms with Crippen molar-refractivity contribution < 1.29 is 9.90 Å². The minimum atomic E-state index is -1.25. The summed E-state index contributed by atoms with van der Waals surface area (Å²) in [6.45, 7) is 1.98. The molecule has 0 spiro atoms. The zero-order valence-corrected chi connectivity index (χ0v) is 9.86. The van der Waals surface area contributed by atoms with E-state index in [0.29, 0.717) is 11.5 Å². The third-order valence-corrected chi connectivity index (χ3v) is 2.44. The molecular weight excluding hydrogens is 238 g/mol. The standard InChI is InChI=1S/C10H11N5O3/c1-6-3-8(16)7(10(17)18)4-15(6)5-9-11-13-14(2)12-9/h3-4H,5H2,1-2H3,(H,17,18). The van der Waals surface area contributed by atoms with E-state index in [-0.39, 0.29) is 12.1 Å². The Morgan fingerprint density at radius 1 is 1.50 bits per heavy atom. The number of tetrazole rings is 1. The monoisotopic (exact) mass is 249 g/mol. The average molecular weight is 249 g/mol. The van der Waals surface area contributed by atoms with E-state index in [9.17, 15) is 9.59 Å². The molecule has 2 heterocycles. The predicted octanol–water partition coefficient (Wildman–Crippen LogP) is -0.573. The molecule has 0 bridgehead atoms. The first-order valence-corrected chi connectivity index (χ1v) is 5.14. The lowest BCUT2D eigenvalue weighted by Crippen LogP contribution is -2.19. The Morgan fingerprint density at radius 2 is 2.22 bits per heavy atom. The molecular formula is C10H11N5O3. The summed E-state index contributed by atoms with van der Waals surface area (Å²) in [5.74, 6) is -0.804.